The second-order valence-corrected chi connectivity index (χ2v) is 5.27. The van der Waals surface area contributed by atoms with Crippen LogP contribution < -0.4 is 0 Å². The van der Waals surface area contributed by atoms with E-state index in [0.717, 1.165) is 5.56 Å². The smallest absolute Gasteiger partial charge is 0.335 e. The molecule has 0 saturated carbocycles. The van der Waals surface area contributed by atoms with Gasteiger partial charge in [0, 0.05) is 14.2 Å². The third-order valence-corrected chi connectivity index (χ3v) is 3.52. The Morgan fingerprint density at radius 1 is 0.875 bits per heavy atom. The molecule has 0 atom stereocenters. The van der Waals surface area contributed by atoms with E-state index in [1.54, 1.807) is 19.2 Å². The van der Waals surface area contributed by atoms with Gasteiger partial charge in [-0.05, 0) is 52.6 Å². The lowest BCUT2D eigenvalue weighted by molar-refractivity contribution is 0.0685. The Balaban J connectivity index is 2.65. The molecule has 6 heteroatoms. The average Bonchev–Trinajstić information content (AvgIpc) is 2.55. The lowest BCUT2D eigenvalue weighted by atomic mass is 9.94. The van der Waals surface area contributed by atoms with E-state index in [2.05, 4.69) is 0 Å². The molecule has 2 aromatic carbocycles. The van der Waals surface area contributed by atoms with Gasteiger partial charge in [0.15, 0.2) is 0 Å². The van der Waals surface area contributed by atoms with E-state index in [4.69, 9.17) is 9.47 Å². The molecule has 0 fully saturated rings. The zero-order chi connectivity index (χ0) is 17.7. The van der Waals surface area contributed by atoms with Crippen molar-refractivity contribution in [1.29, 1.82) is 0 Å². The zero-order valence-electron chi connectivity index (χ0n) is 13.4. The molecule has 2 aromatic rings. The number of aromatic carboxylic acids is 2. The Labute approximate surface area is 139 Å². The molecule has 0 aliphatic heterocycles. The summed E-state index contributed by atoms with van der Waals surface area (Å²) >= 11 is 0. The Morgan fingerprint density at radius 3 is 2.12 bits per heavy atom. The first-order valence-electron chi connectivity index (χ1n) is 7.18. The van der Waals surface area contributed by atoms with Gasteiger partial charge in [-0.1, -0.05) is 6.07 Å². The minimum Gasteiger partial charge on any atom is -0.478 e. The van der Waals surface area contributed by atoms with E-state index < -0.39 is 11.9 Å². The molecule has 24 heavy (non-hydrogen) atoms. The van der Waals surface area contributed by atoms with Crippen LogP contribution in [0.4, 0.5) is 0 Å². The van der Waals surface area contributed by atoms with Crippen LogP contribution in [-0.2, 0) is 22.7 Å². The lowest BCUT2D eigenvalue weighted by Gasteiger charge is -2.13. The molecule has 126 valence electrons. The first-order valence-corrected chi connectivity index (χ1v) is 7.18. The fraction of sp³-hybridized carbons (Fsp3) is 0.222. The summed E-state index contributed by atoms with van der Waals surface area (Å²) in [5.41, 5.74) is 2.93. The summed E-state index contributed by atoms with van der Waals surface area (Å²) in [6.07, 6.45) is 0. The predicted octanol–water partition coefficient (Wildman–Crippen LogP) is 3.04. The molecule has 2 N–H and O–H groups in total. The highest BCUT2D eigenvalue weighted by molar-refractivity contribution is 5.92. The third-order valence-electron chi connectivity index (χ3n) is 3.52. The number of hydrogen-bond donors (Lipinski definition) is 2. The van der Waals surface area contributed by atoms with Crippen molar-refractivity contribution in [2.45, 2.75) is 13.2 Å². The van der Waals surface area contributed by atoms with Gasteiger partial charge in [-0.15, -0.1) is 0 Å². The van der Waals surface area contributed by atoms with Crippen molar-refractivity contribution in [1.82, 2.24) is 0 Å². The maximum Gasteiger partial charge on any atom is 0.335 e. The largest absolute Gasteiger partial charge is 0.478 e. The molecule has 0 aliphatic carbocycles. The van der Waals surface area contributed by atoms with Gasteiger partial charge in [-0.3, -0.25) is 0 Å². The molecular formula is C18H18O6. The number of ether oxygens (including phenoxy) is 2. The van der Waals surface area contributed by atoms with Gasteiger partial charge in [-0.2, -0.15) is 0 Å². The van der Waals surface area contributed by atoms with Gasteiger partial charge in [0.1, 0.15) is 0 Å². The number of rotatable bonds is 7. The van der Waals surface area contributed by atoms with Crippen molar-refractivity contribution < 1.29 is 29.3 Å². The molecule has 0 radical (unpaired) electrons. The average molecular weight is 330 g/mol. The molecule has 0 aromatic heterocycles. The second kappa shape index (κ2) is 7.72. The molecule has 0 aliphatic rings. The number of carboxylic acid groups (broad SMARTS) is 2. The van der Waals surface area contributed by atoms with Gasteiger partial charge in [0.2, 0.25) is 0 Å². The highest BCUT2D eigenvalue weighted by Crippen LogP contribution is 2.28. The molecule has 0 spiro atoms. The second-order valence-electron chi connectivity index (χ2n) is 5.27. The highest BCUT2D eigenvalue weighted by Gasteiger charge is 2.14. The number of methoxy groups -OCH3 is 2. The standard InChI is InChI=1S/C18H18O6/c1-23-9-11-5-14(7-15(6-11)18(21)22)16-8-12(17(19)20)3-4-13(16)10-24-2/h3-8H,9-10H2,1-2H3,(H,19,20)(H,21,22). The van der Waals surface area contributed by atoms with Crippen LogP contribution in [0.5, 0.6) is 0 Å². The number of hydrogen-bond acceptors (Lipinski definition) is 4. The summed E-state index contributed by atoms with van der Waals surface area (Å²) in [7, 11) is 3.06. The molecule has 0 bridgehead atoms. The van der Waals surface area contributed by atoms with E-state index in [1.165, 1.54) is 31.4 Å². The van der Waals surface area contributed by atoms with E-state index in [-0.39, 0.29) is 24.3 Å². The van der Waals surface area contributed by atoms with Crippen LogP contribution in [0, 0.1) is 0 Å². The van der Waals surface area contributed by atoms with Crippen LogP contribution in [0.3, 0.4) is 0 Å². The summed E-state index contributed by atoms with van der Waals surface area (Å²) in [6.45, 7) is 0.540. The summed E-state index contributed by atoms with van der Waals surface area (Å²) < 4.78 is 10.2. The fourth-order valence-corrected chi connectivity index (χ4v) is 2.48. The van der Waals surface area contributed by atoms with Crippen molar-refractivity contribution in [2.75, 3.05) is 14.2 Å². The first-order chi connectivity index (χ1) is 11.5. The maximum absolute atomic E-state index is 11.4. The van der Waals surface area contributed by atoms with Crippen molar-refractivity contribution >= 4 is 11.9 Å². The molecule has 0 heterocycles. The Morgan fingerprint density at radius 2 is 1.54 bits per heavy atom. The van der Waals surface area contributed by atoms with Crippen molar-refractivity contribution in [3.63, 3.8) is 0 Å². The first kappa shape index (κ1) is 17.7. The van der Waals surface area contributed by atoms with E-state index in [0.29, 0.717) is 16.7 Å². The van der Waals surface area contributed by atoms with Crippen LogP contribution >= 0.6 is 0 Å². The van der Waals surface area contributed by atoms with Crippen LogP contribution in [0.15, 0.2) is 36.4 Å². The lowest BCUT2D eigenvalue weighted by Crippen LogP contribution is -2.03. The molecule has 6 nitrogen and oxygen atoms in total. The fourth-order valence-electron chi connectivity index (χ4n) is 2.48. The molecule has 0 unspecified atom stereocenters. The number of benzene rings is 2. The van der Waals surface area contributed by atoms with Gasteiger partial charge < -0.3 is 19.7 Å². The van der Waals surface area contributed by atoms with Crippen molar-refractivity contribution in [3.8, 4) is 11.1 Å². The molecule has 2 rings (SSSR count). The minimum atomic E-state index is -1.06. The minimum absolute atomic E-state index is 0.114. The molecule has 0 saturated heterocycles. The van der Waals surface area contributed by atoms with Crippen LogP contribution in [0.2, 0.25) is 0 Å². The summed E-state index contributed by atoms with van der Waals surface area (Å²) in [5.74, 6) is -2.11. The summed E-state index contributed by atoms with van der Waals surface area (Å²) in [4.78, 5) is 22.6. The van der Waals surface area contributed by atoms with Gasteiger partial charge in [-0.25, -0.2) is 9.59 Å². The topological polar surface area (TPSA) is 93.1 Å². The van der Waals surface area contributed by atoms with Crippen molar-refractivity contribution in [3.05, 3.63) is 58.7 Å². The zero-order valence-corrected chi connectivity index (χ0v) is 13.4. The highest BCUT2D eigenvalue weighted by atomic mass is 16.5. The van der Waals surface area contributed by atoms with Gasteiger partial charge in [0.05, 0.1) is 24.3 Å². The summed E-state index contributed by atoms with van der Waals surface area (Å²) in [6, 6.07) is 9.53. The Bertz CT molecular complexity index is 766. The monoisotopic (exact) mass is 330 g/mol. The Hall–Kier alpha value is -2.70. The molecular weight excluding hydrogens is 312 g/mol. The third kappa shape index (κ3) is 3.98. The van der Waals surface area contributed by atoms with Gasteiger partial charge in [0.25, 0.3) is 0 Å². The number of carbonyl (C=O) groups is 2. The SMILES string of the molecule is COCc1cc(C(=O)O)cc(-c2cc(C(=O)O)ccc2COC)c1. The van der Waals surface area contributed by atoms with E-state index in [1.807, 2.05) is 0 Å². The number of carboxylic acids is 2. The van der Waals surface area contributed by atoms with E-state index >= 15 is 0 Å². The molecule has 0 amide bonds. The quantitative estimate of drug-likeness (QED) is 0.810. The van der Waals surface area contributed by atoms with Crippen molar-refractivity contribution in [2.24, 2.45) is 0 Å². The predicted molar refractivity (Wildman–Crippen MR) is 87.2 cm³/mol. The maximum atomic E-state index is 11.4. The van der Waals surface area contributed by atoms with Crippen LogP contribution in [0.1, 0.15) is 31.8 Å². The van der Waals surface area contributed by atoms with E-state index in [9.17, 15) is 19.8 Å². The van der Waals surface area contributed by atoms with Crippen LogP contribution in [-0.4, -0.2) is 36.4 Å². The Kier molecular flexibility index (Phi) is 5.68. The normalized spacial score (nSPS) is 10.6. The van der Waals surface area contributed by atoms with Gasteiger partial charge >= 0.3 is 11.9 Å². The van der Waals surface area contributed by atoms with Crippen LogP contribution in [0.25, 0.3) is 11.1 Å². The summed E-state index contributed by atoms with van der Waals surface area (Å²) in [5, 5.41) is 18.5.